The molecule has 1 heterocycles. The molecule has 1 saturated heterocycles. The molecule has 0 aromatic rings. The van der Waals surface area contributed by atoms with Crippen LogP contribution >= 0.6 is 0 Å². The fraction of sp³-hybridized carbons (Fsp3) is 0.929. The van der Waals surface area contributed by atoms with E-state index in [4.69, 9.17) is 0 Å². The van der Waals surface area contributed by atoms with Gasteiger partial charge >= 0.3 is 6.18 Å². The Morgan fingerprint density at radius 3 is 2.62 bits per heavy atom. The molecule has 0 bridgehead atoms. The highest BCUT2D eigenvalue weighted by Gasteiger charge is 2.34. The number of aliphatic imine (C=N–C) groups is 1. The Morgan fingerprint density at radius 2 is 2.05 bits per heavy atom. The van der Waals surface area contributed by atoms with Crippen LogP contribution in [0.4, 0.5) is 13.2 Å². The van der Waals surface area contributed by atoms with E-state index >= 15 is 0 Å². The van der Waals surface area contributed by atoms with Crippen LogP contribution in [0.3, 0.4) is 0 Å². The normalized spacial score (nSPS) is 21.1. The van der Waals surface area contributed by atoms with Crippen LogP contribution in [0.5, 0.6) is 0 Å². The summed E-state index contributed by atoms with van der Waals surface area (Å²) in [6.07, 6.45) is -2.24. The molecular formula is C14H27F3N4. The number of guanidine groups is 1. The Labute approximate surface area is 125 Å². The Kier molecular flexibility index (Phi) is 7.28. The molecule has 4 nitrogen and oxygen atoms in total. The largest absolute Gasteiger partial charge is 0.401 e. The van der Waals surface area contributed by atoms with Crippen molar-refractivity contribution in [2.24, 2.45) is 16.8 Å². The number of hydrogen-bond donors (Lipinski definition) is 2. The molecule has 7 heteroatoms. The van der Waals surface area contributed by atoms with Gasteiger partial charge in [-0.3, -0.25) is 9.89 Å². The molecule has 1 aliphatic heterocycles. The number of rotatable bonds is 6. The fourth-order valence-corrected chi connectivity index (χ4v) is 2.42. The summed E-state index contributed by atoms with van der Waals surface area (Å²) in [5.41, 5.74) is 0. The Hall–Kier alpha value is -0.980. The number of likely N-dealkylation sites (tertiary alicyclic amines) is 1. The lowest BCUT2D eigenvalue weighted by Crippen LogP contribution is -2.41. The first-order chi connectivity index (χ1) is 9.80. The molecule has 0 spiro atoms. The Bertz CT molecular complexity index is 329. The van der Waals surface area contributed by atoms with Crippen molar-refractivity contribution in [2.75, 3.05) is 39.8 Å². The van der Waals surface area contributed by atoms with E-state index in [1.54, 1.807) is 7.05 Å². The highest BCUT2D eigenvalue weighted by molar-refractivity contribution is 5.79. The van der Waals surface area contributed by atoms with Gasteiger partial charge in [0.1, 0.15) is 0 Å². The molecule has 1 aliphatic rings. The lowest BCUT2D eigenvalue weighted by atomic mass is 10.1. The van der Waals surface area contributed by atoms with Crippen molar-refractivity contribution in [2.45, 2.75) is 32.9 Å². The number of nitrogens with one attached hydrogen (secondary N) is 2. The van der Waals surface area contributed by atoms with Gasteiger partial charge in [-0.05, 0) is 31.2 Å². The van der Waals surface area contributed by atoms with Gasteiger partial charge in [-0.15, -0.1) is 0 Å². The summed E-state index contributed by atoms with van der Waals surface area (Å²) in [5, 5.41) is 6.42. The van der Waals surface area contributed by atoms with Crippen LogP contribution in [0, 0.1) is 11.8 Å². The van der Waals surface area contributed by atoms with Crippen molar-refractivity contribution >= 4 is 5.96 Å². The molecule has 2 N–H and O–H groups in total. The van der Waals surface area contributed by atoms with Crippen LogP contribution in [-0.2, 0) is 0 Å². The molecule has 0 amide bonds. The summed E-state index contributed by atoms with van der Waals surface area (Å²) in [6, 6.07) is 0. The quantitative estimate of drug-likeness (QED) is 0.583. The zero-order valence-electron chi connectivity index (χ0n) is 13.1. The Balaban J connectivity index is 2.22. The molecule has 1 atom stereocenters. The van der Waals surface area contributed by atoms with Gasteiger partial charge in [0.25, 0.3) is 0 Å². The van der Waals surface area contributed by atoms with Gasteiger partial charge in [0, 0.05) is 26.7 Å². The average molecular weight is 308 g/mol. The summed E-state index contributed by atoms with van der Waals surface area (Å²) in [6.45, 7) is 6.04. The van der Waals surface area contributed by atoms with E-state index in [0.717, 1.165) is 25.3 Å². The van der Waals surface area contributed by atoms with Crippen LogP contribution in [0.1, 0.15) is 26.7 Å². The van der Waals surface area contributed by atoms with Gasteiger partial charge in [0.2, 0.25) is 0 Å². The van der Waals surface area contributed by atoms with Crippen molar-refractivity contribution in [3.63, 3.8) is 0 Å². The van der Waals surface area contributed by atoms with Crippen molar-refractivity contribution < 1.29 is 13.2 Å². The van der Waals surface area contributed by atoms with E-state index in [1.807, 2.05) is 0 Å². The lowest BCUT2D eigenvalue weighted by Gasteiger charge is -2.19. The molecule has 1 rings (SSSR count). The molecule has 1 unspecified atom stereocenters. The standard InChI is InChI=1S/C14H27F3N4/c1-11(2)4-6-19-13(18-3)20-8-12-5-7-21(9-12)10-14(15,16)17/h11-12H,4-10H2,1-3H3,(H2,18,19,20). The zero-order chi connectivity index (χ0) is 15.9. The average Bonchev–Trinajstić information content (AvgIpc) is 2.78. The first kappa shape index (κ1) is 18.1. The minimum absolute atomic E-state index is 0.246. The number of nitrogens with zero attached hydrogens (tertiary/aromatic N) is 2. The smallest absolute Gasteiger partial charge is 0.356 e. The summed E-state index contributed by atoms with van der Waals surface area (Å²) < 4.78 is 37.0. The second kappa shape index (κ2) is 8.46. The van der Waals surface area contributed by atoms with E-state index in [-0.39, 0.29) is 5.92 Å². The van der Waals surface area contributed by atoms with Crippen LogP contribution in [0.2, 0.25) is 0 Å². The van der Waals surface area contributed by atoms with E-state index < -0.39 is 12.7 Å². The zero-order valence-corrected chi connectivity index (χ0v) is 13.1. The van der Waals surface area contributed by atoms with Gasteiger partial charge in [0.05, 0.1) is 6.54 Å². The third-order valence-corrected chi connectivity index (χ3v) is 3.57. The van der Waals surface area contributed by atoms with Crippen molar-refractivity contribution in [3.8, 4) is 0 Å². The van der Waals surface area contributed by atoms with Crippen LogP contribution < -0.4 is 10.6 Å². The lowest BCUT2D eigenvalue weighted by molar-refractivity contribution is -0.143. The molecule has 0 aromatic heterocycles. The Morgan fingerprint density at radius 1 is 1.33 bits per heavy atom. The maximum Gasteiger partial charge on any atom is 0.401 e. The molecule has 124 valence electrons. The van der Waals surface area contributed by atoms with Crippen molar-refractivity contribution in [3.05, 3.63) is 0 Å². The minimum atomic E-state index is -4.10. The van der Waals surface area contributed by atoms with Gasteiger partial charge in [-0.1, -0.05) is 13.8 Å². The maximum absolute atomic E-state index is 12.3. The number of halogens is 3. The molecule has 0 saturated carbocycles. The molecule has 0 aliphatic carbocycles. The van der Waals surface area contributed by atoms with Crippen LogP contribution in [0.25, 0.3) is 0 Å². The first-order valence-corrected chi connectivity index (χ1v) is 7.53. The maximum atomic E-state index is 12.3. The van der Waals surface area contributed by atoms with Crippen molar-refractivity contribution in [1.82, 2.24) is 15.5 Å². The highest BCUT2D eigenvalue weighted by atomic mass is 19.4. The SMILES string of the molecule is CN=C(NCCC(C)C)NCC1CCN(CC(F)(F)F)C1. The summed E-state index contributed by atoms with van der Waals surface area (Å²) in [5.74, 6) is 1.60. The first-order valence-electron chi connectivity index (χ1n) is 7.53. The third-order valence-electron chi connectivity index (χ3n) is 3.57. The fourth-order valence-electron chi connectivity index (χ4n) is 2.42. The summed E-state index contributed by atoms with van der Waals surface area (Å²) in [7, 11) is 1.70. The van der Waals surface area contributed by atoms with Gasteiger partial charge in [0.15, 0.2) is 5.96 Å². The number of alkyl halides is 3. The van der Waals surface area contributed by atoms with Crippen LogP contribution in [-0.4, -0.2) is 56.8 Å². The van der Waals surface area contributed by atoms with E-state index in [1.165, 1.54) is 4.90 Å². The minimum Gasteiger partial charge on any atom is -0.356 e. The van der Waals surface area contributed by atoms with E-state index in [2.05, 4.69) is 29.5 Å². The highest BCUT2D eigenvalue weighted by Crippen LogP contribution is 2.22. The summed E-state index contributed by atoms with van der Waals surface area (Å²) >= 11 is 0. The second-order valence-corrected chi connectivity index (χ2v) is 6.07. The van der Waals surface area contributed by atoms with E-state index in [9.17, 15) is 13.2 Å². The van der Waals surface area contributed by atoms with Gasteiger partial charge in [-0.2, -0.15) is 13.2 Å². The molecule has 1 fully saturated rings. The predicted octanol–water partition coefficient (Wildman–Crippen LogP) is 2.08. The van der Waals surface area contributed by atoms with E-state index in [0.29, 0.717) is 25.6 Å². The topological polar surface area (TPSA) is 39.7 Å². The summed E-state index contributed by atoms with van der Waals surface area (Å²) in [4.78, 5) is 5.60. The predicted molar refractivity (Wildman–Crippen MR) is 79.4 cm³/mol. The molecule has 0 radical (unpaired) electrons. The van der Waals surface area contributed by atoms with Gasteiger partial charge < -0.3 is 10.6 Å². The van der Waals surface area contributed by atoms with Crippen LogP contribution in [0.15, 0.2) is 4.99 Å². The van der Waals surface area contributed by atoms with Crippen molar-refractivity contribution in [1.29, 1.82) is 0 Å². The second-order valence-electron chi connectivity index (χ2n) is 6.07. The van der Waals surface area contributed by atoms with Gasteiger partial charge in [-0.25, -0.2) is 0 Å². The monoisotopic (exact) mass is 308 g/mol. The third kappa shape index (κ3) is 8.14. The molecule has 21 heavy (non-hydrogen) atoms. The number of hydrogen-bond acceptors (Lipinski definition) is 2. The molecule has 0 aromatic carbocycles. The molecular weight excluding hydrogens is 281 g/mol.